The van der Waals surface area contributed by atoms with Crippen LogP contribution in [0.1, 0.15) is 51.3 Å². The van der Waals surface area contributed by atoms with Crippen LogP contribution in [0.5, 0.6) is 0 Å². The van der Waals surface area contributed by atoms with Crippen LogP contribution < -0.4 is 5.73 Å². The minimum absolute atomic E-state index is 0.494. The number of nitrogen functional groups attached to an aromatic ring is 1. The second kappa shape index (κ2) is 5.15. The first-order chi connectivity index (χ1) is 7.10. The summed E-state index contributed by atoms with van der Waals surface area (Å²) >= 11 is 0. The molecule has 0 saturated heterocycles. The molecule has 0 aromatic carbocycles. The first kappa shape index (κ1) is 12.0. The molecular weight excluding hydrogens is 184 g/mol. The zero-order valence-electron chi connectivity index (χ0n) is 10.2. The molecule has 0 aliphatic rings. The van der Waals surface area contributed by atoms with Crippen LogP contribution >= 0.6 is 0 Å². The molecule has 2 atom stereocenters. The summed E-state index contributed by atoms with van der Waals surface area (Å²) in [5.41, 5.74) is 8.27. The average molecular weight is 206 g/mol. The zero-order chi connectivity index (χ0) is 11.4. The molecule has 0 fully saturated rings. The molecule has 84 valence electrons. The standard InChI is InChI=1S/C13H22N2/c1-5-9(3)10(4)13-11(6-2)7-8-12(14)15-13/h7-10H,5-6H2,1-4H3,(H2,14,15). The number of nitrogens with zero attached hydrogens (tertiary/aromatic N) is 1. The molecule has 1 aromatic rings. The van der Waals surface area contributed by atoms with Gasteiger partial charge in [0.2, 0.25) is 0 Å². The first-order valence-electron chi connectivity index (χ1n) is 5.85. The zero-order valence-corrected chi connectivity index (χ0v) is 10.2. The molecule has 0 spiro atoms. The molecule has 1 aromatic heterocycles. The summed E-state index contributed by atoms with van der Waals surface area (Å²) in [5.74, 6) is 1.79. The third-order valence-corrected chi connectivity index (χ3v) is 3.34. The van der Waals surface area contributed by atoms with E-state index in [0.717, 1.165) is 6.42 Å². The monoisotopic (exact) mass is 206 g/mol. The number of aryl methyl sites for hydroxylation is 1. The molecule has 0 radical (unpaired) electrons. The van der Waals surface area contributed by atoms with Crippen LogP contribution in [0, 0.1) is 5.92 Å². The molecule has 15 heavy (non-hydrogen) atoms. The summed E-state index contributed by atoms with van der Waals surface area (Å²) in [6.45, 7) is 8.91. The van der Waals surface area contributed by atoms with E-state index in [9.17, 15) is 0 Å². The van der Waals surface area contributed by atoms with Crippen LogP contribution in [0.15, 0.2) is 12.1 Å². The van der Waals surface area contributed by atoms with Crippen LogP contribution in [0.2, 0.25) is 0 Å². The van der Waals surface area contributed by atoms with E-state index in [1.807, 2.05) is 6.07 Å². The van der Waals surface area contributed by atoms with E-state index < -0.39 is 0 Å². The number of aromatic nitrogens is 1. The maximum absolute atomic E-state index is 5.75. The lowest BCUT2D eigenvalue weighted by molar-refractivity contribution is 0.462. The first-order valence-corrected chi connectivity index (χ1v) is 5.85. The molecule has 0 aliphatic heterocycles. The summed E-state index contributed by atoms with van der Waals surface area (Å²) in [6, 6.07) is 4.00. The van der Waals surface area contributed by atoms with Gasteiger partial charge in [-0.25, -0.2) is 4.98 Å². The Morgan fingerprint density at radius 1 is 1.27 bits per heavy atom. The third-order valence-electron chi connectivity index (χ3n) is 3.34. The lowest BCUT2D eigenvalue weighted by Crippen LogP contribution is -2.11. The fraction of sp³-hybridized carbons (Fsp3) is 0.615. The van der Waals surface area contributed by atoms with Gasteiger partial charge in [-0.1, -0.05) is 40.2 Å². The topological polar surface area (TPSA) is 38.9 Å². The molecule has 2 unspecified atom stereocenters. The second-order valence-corrected chi connectivity index (χ2v) is 4.31. The number of hydrogen-bond donors (Lipinski definition) is 1. The molecule has 2 heteroatoms. The van der Waals surface area contributed by atoms with Crippen molar-refractivity contribution >= 4 is 5.82 Å². The molecule has 0 saturated carbocycles. The van der Waals surface area contributed by atoms with E-state index in [0.29, 0.717) is 17.7 Å². The molecule has 2 N–H and O–H groups in total. The summed E-state index contributed by atoms with van der Waals surface area (Å²) in [5, 5.41) is 0. The van der Waals surface area contributed by atoms with Crippen molar-refractivity contribution in [3.63, 3.8) is 0 Å². The Labute approximate surface area is 92.9 Å². The summed E-state index contributed by atoms with van der Waals surface area (Å²) in [7, 11) is 0. The Morgan fingerprint density at radius 3 is 2.47 bits per heavy atom. The second-order valence-electron chi connectivity index (χ2n) is 4.31. The van der Waals surface area contributed by atoms with Gasteiger partial charge in [-0.05, 0) is 24.0 Å². The van der Waals surface area contributed by atoms with Gasteiger partial charge >= 0.3 is 0 Å². The van der Waals surface area contributed by atoms with Gasteiger partial charge in [0.25, 0.3) is 0 Å². The normalized spacial score (nSPS) is 14.9. The fourth-order valence-electron chi connectivity index (χ4n) is 1.84. The van der Waals surface area contributed by atoms with Crippen LogP contribution in [0.3, 0.4) is 0 Å². The van der Waals surface area contributed by atoms with E-state index in [4.69, 9.17) is 5.73 Å². The molecule has 0 aliphatic carbocycles. The van der Waals surface area contributed by atoms with Gasteiger partial charge in [0.15, 0.2) is 0 Å². The number of rotatable bonds is 4. The van der Waals surface area contributed by atoms with Crippen molar-refractivity contribution in [2.24, 2.45) is 5.92 Å². The van der Waals surface area contributed by atoms with Crippen LogP contribution in [-0.2, 0) is 6.42 Å². The van der Waals surface area contributed by atoms with Gasteiger partial charge < -0.3 is 5.73 Å². The van der Waals surface area contributed by atoms with Crippen molar-refractivity contribution in [3.8, 4) is 0 Å². The Bertz CT molecular complexity index is 320. The van der Waals surface area contributed by atoms with Gasteiger partial charge in [-0.2, -0.15) is 0 Å². The lowest BCUT2D eigenvalue weighted by Gasteiger charge is -2.20. The summed E-state index contributed by atoms with van der Waals surface area (Å²) < 4.78 is 0. The molecule has 0 amide bonds. The van der Waals surface area contributed by atoms with E-state index in [-0.39, 0.29) is 0 Å². The highest BCUT2D eigenvalue weighted by Crippen LogP contribution is 2.28. The van der Waals surface area contributed by atoms with E-state index in [1.165, 1.54) is 17.7 Å². The van der Waals surface area contributed by atoms with Crippen molar-refractivity contribution in [2.45, 2.75) is 46.5 Å². The van der Waals surface area contributed by atoms with Crippen LogP contribution in [-0.4, -0.2) is 4.98 Å². The molecular formula is C13H22N2. The third kappa shape index (κ3) is 2.71. The Hall–Kier alpha value is -1.05. The van der Waals surface area contributed by atoms with Crippen molar-refractivity contribution in [1.82, 2.24) is 4.98 Å². The van der Waals surface area contributed by atoms with E-state index in [2.05, 4.69) is 38.7 Å². The van der Waals surface area contributed by atoms with E-state index >= 15 is 0 Å². The highest BCUT2D eigenvalue weighted by Gasteiger charge is 2.17. The fourth-order valence-corrected chi connectivity index (χ4v) is 1.84. The van der Waals surface area contributed by atoms with Crippen LogP contribution in [0.25, 0.3) is 0 Å². The molecule has 2 nitrogen and oxygen atoms in total. The predicted molar refractivity (Wildman–Crippen MR) is 65.9 cm³/mol. The maximum atomic E-state index is 5.75. The van der Waals surface area contributed by atoms with Gasteiger partial charge in [-0.3, -0.25) is 0 Å². The number of hydrogen-bond acceptors (Lipinski definition) is 2. The van der Waals surface area contributed by atoms with Gasteiger partial charge in [0, 0.05) is 11.6 Å². The number of nitrogens with two attached hydrogens (primary N) is 1. The summed E-state index contributed by atoms with van der Waals surface area (Å²) in [4.78, 5) is 4.49. The van der Waals surface area contributed by atoms with Gasteiger partial charge in [-0.15, -0.1) is 0 Å². The quantitative estimate of drug-likeness (QED) is 0.820. The number of anilines is 1. The van der Waals surface area contributed by atoms with Crippen molar-refractivity contribution < 1.29 is 0 Å². The number of pyridine rings is 1. The van der Waals surface area contributed by atoms with Gasteiger partial charge in [0.1, 0.15) is 5.82 Å². The minimum atomic E-state index is 0.494. The Balaban J connectivity index is 3.05. The molecule has 1 heterocycles. The van der Waals surface area contributed by atoms with E-state index in [1.54, 1.807) is 0 Å². The molecule has 0 bridgehead atoms. The largest absolute Gasteiger partial charge is 0.384 e. The van der Waals surface area contributed by atoms with Crippen molar-refractivity contribution in [1.29, 1.82) is 0 Å². The minimum Gasteiger partial charge on any atom is -0.384 e. The highest BCUT2D eigenvalue weighted by molar-refractivity contribution is 5.35. The van der Waals surface area contributed by atoms with Crippen molar-refractivity contribution in [2.75, 3.05) is 5.73 Å². The molecule has 1 rings (SSSR count). The average Bonchev–Trinajstić information content (AvgIpc) is 2.27. The maximum Gasteiger partial charge on any atom is 0.123 e. The SMILES string of the molecule is CCc1ccc(N)nc1C(C)C(C)CC. The smallest absolute Gasteiger partial charge is 0.123 e. The lowest BCUT2D eigenvalue weighted by atomic mass is 9.87. The predicted octanol–water partition coefficient (Wildman–Crippen LogP) is 3.38. The highest BCUT2D eigenvalue weighted by atomic mass is 14.8. The van der Waals surface area contributed by atoms with Gasteiger partial charge in [0.05, 0.1) is 0 Å². The Kier molecular flexibility index (Phi) is 4.13. The van der Waals surface area contributed by atoms with Crippen LogP contribution in [0.4, 0.5) is 5.82 Å². The van der Waals surface area contributed by atoms with Crippen molar-refractivity contribution in [3.05, 3.63) is 23.4 Å². The summed E-state index contributed by atoms with van der Waals surface area (Å²) in [6.07, 6.45) is 2.21. The Morgan fingerprint density at radius 2 is 1.93 bits per heavy atom.